The molecular weight excluding hydrogens is 171 g/mol. The number of nitrogens with two attached hydrogens (primary N) is 1. The third kappa shape index (κ3) is 2.03. The average molecular weight is 182 g/mol. The Morgan fingerprint density at radius 2 is 2.15 bits per heavy atom. The van der Waals surface area contributed by atoms with Crippen molar-refractivity contribution in [1.82, 2.24) is 5.32 Å². The third-order valence-corrected chi connectivity index (χ3v) is 1.79. The summed E-state index contributed by atoms with van der Waals surface area (Å²) in [5.41, 5.74) is 5.36. The van der Waals surface area contributed by atoms with E-state index in [1.807, 2.05) is 0 Å². The minimum absolute atomic E-state index is 0.275. The molecule has 13 heavy (non-hydrogen) atoms. The zero-order valence-corrected chi connectivity index (χ0v) is 7.25. The SMILES string of the molecule is CN[C@@H](C(N)=O)c1ccccc1F. The van der Waals surface area contributed by atoms with E-state index in [1.165, 1.54) is 12.1 Å². The number of hydrogen-bond donors (Lipinski definition) is 2. The number of primary amides is 1. The second-order valence-electron chi connectivity index (χ2n) is 2.65. The number of likely N-dealkylation sites (N-methyl/N-ethyl adjacent to an activating group) is 1. The van der Waals surface area contributed by atoms with E-state index in [4.69, 9.17) is 5.73 Å². The molecular formula is C9H11FN2O. The molecule has 0 aliphatic rings. The van der Waals surface area contributed by atoms with Crippen molar-refractivity contribution in [2.75, 3.05) is 7.05 Å². The first kappa shape index (κ1) is 9.67. The van der Waals surface area contributed by atoms with Crippen LogP contribution in [0.2, 0.25) is 0 Å². The van der Waals surface area contributed by atoms with E-state index >= 15 is 0 Å². The van der Waals surface area contributed by atoms with Gasteiger partial charge in [-0.2, -0.15) is 0 Å². The lowest BCUT2D eigenvalue weighted by atomic mass is 10.1. The van der Waals surface area contributed by atoms with Gasteiger partial charge in [0.25, 0.3) is 0 Å². The summed E-state index contributed by atoms with van der Waals surface area (Å²) in [6, 6.07) is 5.28. The third-order valence-electron chi connectivity index (χ3n) is 1.79. The van der Waals surface area contributed by atoms with Gasteiger partial charge in [-0.3, -0.25) is 4.79 Å². The number of rotatable bonds is 3. The predicted octanol–water partition coefficient (Wildman–Crippen LogP) is 0.571. The van der Waals surface area contributed by atoms with Gasteiger partial charge in [-0.15, -0.1) is 0 Å². The Bertz CT molecular complexity index is 314. The predicted molar refractivity (Wildman–Crippen MR) is 47.4 cm³/mol. The van der Waals surface area contributed by atoms with Crippen molar-refractivity contribution >= 4 is 5.91 Å². The van der Waals surface area contributed by atoms with Crippen LogP contribution < -0.4 is 11.1 Å². The molecule has 0 saturated carbocycles. The van der Waals surface area contributed by atoms with Gasteiger partial charge < -0.3 is 11.1 Å². The molecule has 0 aromatic heterocycles. The second-order valence-corrected chi connectivity index (χ2v) is 2.65. The zero-order chi connectivity index (χ0) is 9.84. The molecule has 0 spiro atoms. The average Bonchev–Trinajstić information content (AvgIpc) is 2.09. The van der Waals surface area contributed by atoms with Gasteiger partial charge in [0, 0.05) is 5.56 Å². The van der Waals surface area contributed by atoms with Gasteiger partial charge in [-0.1, -0.05) is 18.2 Å². The molecule has 70 valence electrons. The standard InChI is InChI=1S/C9H11FN2O/c1-12-8(9(11)13)6-4-2-3-5-7(6)10/h2-5,8,12H,1H3,(H2,11,13)/t8-/m1/s1. The highest BCUT2D eigenvalue weighted by Gasteiger charge is 2.18. The van der Waals surface area contributed by atoms with Crippen LogP contribution in [-0.4, -0.2) is 13.0 Å². The number of hydrogen-bond acceptors (Lipinski definition) is 2. The Balaban J connectivity index is 3.04. The molecule has 0 aliphatic carbocycles. The van der Waals surface area contributed by atoms with Crippen LogP contribution in [0, 0.1) is 5.82 Å². The van der Waals surface area contributed by atoms with Crippen LogP contribution in [0.5, 0.6) is 0 Å². The van der Waals surface area contributed by atoms with Gasteiger partial charge in [0.2, 0.25) is 5.91 Å². The summed E-state index contributed by atoms with van der Waals surface area (Å²) < 4.78 is 13.1. The molecule has 0 bridgehead atoms. The molecule has 0 fully saturated rings. The van der Waals surface area contributed by atoms with Crippen LogP contribution in [0.3, 0.4) is 0 Å². The number of carbonyl (C=O) groups is 1. The summed E-state index contributed by atoms with van der Waals surface area (Å²) in [5, 5.41) is 2.64. The highest BCUT2D eigenvalue weighted by molar-refractivity contribution is 5.81. The first-order valence-corrected chi connectivity index (χ1v) is 3.88. The van der Waals surface area contributed by atoms with Crippen LogP contribution in [0.25, 0.3) is 0 Å². The number of nitrogens with one attached hydrogen (secondary N) is 1. The topological polar surface area (TPSA) is 55.1 Å². The van der Waals surface area contributed by atoms with Gasteiger partial charge in [-0.25, -0.2) is 4.39 Å². The number of halogens is 1. The molecule has 0 heterocycles. The van der Waals surface area contributed by atoms with E-state index in [1.54, 1.807) is 19.2 Å². The summed E-state index contributed by atoms with van der Waals surface area (Å²) in [7, 11) is 1.56. The van der Waals surface area contributed by atoms with Gasteiger partial charge in [-0.05, 0) is 13.1 Å². The van der Waals surface area contributed by atoms with Crippen LogP contribution in [-0.2, 0) is 4.79 Å². The fourth-order valence-electron chi connectivity index (χ4n) is 1.16. The first-order valence-electron chi connectivity index (χ1n) is 3.88. The molecule has 1 rings (SSSR count). The number of benzene rings is 1. The van der Waals surface area contributed by atoms with E-state index in [9.17, 15) is 9.18 Å². The molecule has 0 unspecified atom stereocenters. The van der Waals surface area contributed by atoms with Crippen LogP contribution in [0.4, 0.5) is 4.39 Å². The summed E-state index contributed by atoms with van der Waals surface area (Å²) in [6.07, 6.45) is 0. The van der Waals surface area contributed by atoms with Crippen molar-refractivity contribution in [3.05, 3.63) is 35.6 Å². The molecule has 1 amide bonds. The molecule has 0 aliphatic heterocycles. The lowest BCUT2D eigenvalue weighted by molar-refractivity contribution is -0.120. The molecule has 4 heteroatoms. The maximum atomic E-state index is 13.1. The molecule has 0 radical (unpaired) electrons. The van der Waals surface area contributed by atoms with Gasteiger partial charge in [0.05, 0.1) is 0 Å². The first-order chi connectivity index (χ1) is 6.16. The van der Waals surface area contributed by atoms with Crippen molar-refractivity contribution in [3.63, 3.8) is 0 Å². The van der Waals surface area contributed by atoms with E-state index in [0.29, 0.717) is 0 Å². The second kappa shape index (κ2) is 4.00. The lowest BCUT2D eigenvalue weighted by Gasteiger charge is -2.12. The Labute approximate surface area is 75.7 Å². The van der Waals surface area contributed by atoms with Crippen molar-refractivity contribution in [2.24, 2.45) is 5.73 Å². The maximum absolute atomic E-state index is 13.1. The summed E-state index contributed by atoms with van der Waals surface area (Å²) in [4.78, 5) is 10.9. The zero-order valence-electron chi connectivity index (χ0n) is 7.25. The minimum Gasteiger partial charge on any atom is -0.368 e. The quantitative estimate of drug-likeness (QED) is 0.718. The number of carbonyl (C=O) groups excluding carboxylic acids is 1. The fourth-order valence-corrected chi connectivity index (χ4v) is 1.16. The lowest BCUT2D eigenvalue weighted by Crippen LogP contribution is -2.31. The highest BCUT2D eigenvalue weighted by atomic mass is 19.1. The maximum Gasteiger partial charge on any atom is 0.239 e. The molecule has 0 saturated heterocycles. The largest absolute Gasteiger partial charge is 0.368 e. The monoisotopic (exact) mass is 182 g/mol. The fraction of sp³-hybridized carbons (Fsp3) is 0.222. The Morgan fingerprint density at radius 3 is 2.62 bits per heavy atom. The van der Waals surface area contributed by atoms with E-state index in [0.717, 1.165) is 0 Å². The van der Waals surface area contributed by atoms with Crippen LogP contribution in [0.15, 0.2) is 24.3 Å². The van der Waals surface area contributed by atoms with Crippen molar-refractivity contribution in [3.8, 4) is 0 Å². The number of amides is 1. The highest BCUT2D eigenvalue weighted by Crippen LogP contribution is 2.15. The molecule has 1 atom stereocenters. The molecule has 1 aromatic carbocycles. The molecule has 1 aromatic rings. The Kier molecular flexibility index (Phi) is 2.97. The molecule has 3 nitrogen and oxygen atoms in total. The summed E-state index contributed by atoms with van der Waals surface area (Å²) in [6.45, 7) is 0. The van der Waals surface area contributed by atoms with Crippen molar-refractivity contribution in [2.45, 2.75) is 6.04 Å². The van der Waals surface area contributed by atoms with Gasteiger partial charge >= 0.3 is 0 Å². The molecule has 3 N–H and O–H groups in total. The normalized spacial score (nSPS) is 12.5. The smallest absolute Gasteiger partial charge is 0.239 e. The van der Waals surface area contributed by atoms with E-state index in [-0.39, 0.29) is 5.56 Å². The van der Waals surface area contributed by atoms with Crippen LogP contribution in [0.1, 0.15) is 11.6 Å². The minimum atomic E-state index is -0.763. The van der Waals surface area contributed by atoms with E-state index < -0.39 is 17.8 Å². The van der Waals surface area contributed by atoms with Gasteiger partial charge in [0.1, 0.15) is 11.9 Å². The summed E-state index contributed by atoms with van der Waals surface area (Å²) in [5.74, 6) is -1.02. The van der Waals surface area contributed by atoms with Crippen molar-refractivity contribution in [1.29, 1.82) is 0 Å². The van der Waals surface area contributed by atoms with E-state index in [2.05, 4.69) is 5.32 Å². The summed E-state index contributed by atoms with van der Waals surface area (Å²) >= 11 is 0. The van der Waals surface area contributed by atoms with Crippen molar-refractivity contribution < 1.29 is 9.18 Å². The Hall–Kier alpha value is -1.42. The van der Waals surface area contributed by atoms with Gasteiger partial charge in [0.15, 0.2) is 0 Å². The Morgan fingerprint density at radius 1 is 1.54 bits per heavy atom. The van der Waals surface area contributed by atoms with Crippen LogP contribution >= 0.6 is 0 Å².